The molecular formula is C48H34N4. The molecule has 7 aromatic carbocycles. The summed E-state index contributed by atoms with van der Waals surface area (Å²) >= 11 is 0. The molecule has 0 aromatic heterocycles. The maximum absolute atomic E-state index is 10.2. The van der Waals surface area contributed by atoms with E-state index >= 15 is 0 Å². The fourth-order valence-corrected chi connectivity index (χ4v) is 8.21. The van der Waals surface area contributed by atoms with Crippen LogP contribution in [0.5, 0.6) is 0 Å². The average Bonchev–Trinajstić information content (AvgIpc) is 3.63. The van der Waals surface area contributed by atoms with Crippen LogP contribution < -0.4 is 10.2 Å². The molecule has 0 fully saturated rings. The molecule has 0 atom stereocenters. The minimum Gasteiger partial charge on any atom is -0.356 e. The lowest BCUT2D eigenvalue weighted by Crippen LogP contribution is -2.26. The number of benzene rings is 7. The first-order chi connectivity index (χ1) is 25.4. The summed E-state index contributed by atoms with van der Waals surface area (Å²) in [5.41, 5.74) is 18.0. The number of fused-ring (bicyclic) bond motifs is 10. The topological polar surface area (TPSA) is 62.9 Å². The molecule has 0 amide bonds. The maximum Gasteiger partial charge on any atom is 0.0991 e. The molecule has 9 rings (SSSR count). The molecule has 7 aromatic rings. The van der Waals surface area contributed by atoms with Crippen LogP contribution in [0, 0.1) is 43.4 Å². The Balaban J connectivity index is 1.34. The molecule has 4 heteroatoms. The van der Waals surface area contributed by atoms with Crippen LogP contribution in [0.4, 0.5) is 28.4 Å². The molecule has 0 saturated heterocycles. The summed E-state index contributed by atoms with van der Waals surface area (Å²) in [5, 5.41) is 24.1. The van der Waals surface area contributed by atoms with Crippen LogP contribution in [0.3, 0.4) is 0 Å². The highest BCUT2D eigenvalue weighted by molar-refractivity contribution is 5.97. The summed E-state index contributed by atoms with van der Waals surface area (Å²) in [7, 11) is 0. The van der Waals surface area contributed by atoms with Crippen molar-refractivity contribution >= 4 is 28.4 Å². The van der Waals surface area contributed by atoms with Crippen molar-refractivity contribution in [2.24, 2.45) is 0 Å². The third-order valence-corrected chi connectivity index (χ3v) is 10.7. The van der Waals surface area contributed by atoms with Crippen LogP contribution in [0.2, 0.25) is 0 Å². The van der Waals surface area contributed by atoms with Gasteiger partial charge in [0.2, 0.25) is 0 Å². The minimum atomic E-state index is -0.776. The summed E-state index contributed by atoms with van der Waals surface area (Å²) in [4.78, 5) is 2.31. The second-order valence-corrected chi connectivity index (χ2v) is 14.0. The molecular weight excluding hydrogens is 633 g/mol. The Morgan fingerprint density at radius 3 is 1.31 bits per heavy atom. The third-order valence-electron chi connectivity index (χ3n) is 10.7. The standard InChI is InChI=1S/C48H34N4/c1-30-4-12-35(13-5-30)51-36-14-22-42-43-23-19-39(52(37-15-6-31(2)7-16-37)38-17-8-32(3)9-18-38)27-47(43)48(46(42)26-36)44-24-33(28-49)10-20-40(44)41-21-11-34(29-50)25-45(41)48/h4-27,51H,1-3H3. The Bertz CT molecular complexity index is 2530. The fraction of sp³-hybridized carbons (Fsp3) is 0.0833. The molecule has 2 aliphatic rings. The van der Waals surface area contributed by atoms with Gasteiger partial charge in [0.15, 0.2) is 0 Å². The smallest absolute Gasteiger partial charge is 0.0991 e. The van der Waals surface area contributed by atoms with E-state index in [2.05, 4.69) is 177 Å². The number of aryl methyl sites for hydroxylation is 3. The second kappa shape index (κ2) is 11.9. The summed E-state index contributed by atoms with van der Waals surface area (Å²) < 4.78 is 0. The Morgan fingerprint density at radius 1 is 0.423 bits per heavy atom. The van der Waals surface area contributed by atoms with Crippen LogP contribution in [0.25, 0.3) is 22.3 Å². The maximum atomic E-state index is 10.2. The quantitative estimate of drug-likeness (QED) is 0.199. The second-order valence-electron chi connectivity index (χ2n) is 14.0. The van der Waals surface area contributed by atoms with E-state index in [-0.39, 0.29) is 0 Å². The highest BCUT2D eigenvalue weighted by atomic mass is 15.1. The SMILES string of the molecule is Cc1ccc(Nc2ccc3c(c2)C2(c4cc(C#N)ccc4-c4ccc(C#N)cc42)c2cc(N(c4ccc(C)cc4)c4ccc(C)cc4)ccc2-3)cc1. The Hall–Kier alpha value is -6.88. The van der Waals surface area contributed by atoms with Crippen LogP contribution in [-0.2, 0) is 5.41 Å². The predicted molar refractivity (Wildman–Crippen MR) is 211 cm³/mol. The average molecular weight is 667 g/mol. The summed E-state index contributed by atoms with van der Waals surface area (Å²) in [5.74, 6) is 0. The van der Waals surface area contributed by atoms with E-state index < -0.39 is 5.41 Å². The van der Waals surface area contributed by atoms with Gasteiger partial charge in [0.05, 0.1) is 28.7 Å². The number of rotatable bonds is 5. The number of nitriles is 2. The number of hydrogen-bond acceptors (Lipinski definition) is 4. The summed E-state index contributed by atoms with van der Waals surface area (Å²) in [6.07, 6.45) is 0. The normalized spacial score (nSPS) is 12.6. The number of nitrogens with zero attached hydrogens (tertiary/aromatic N) is 3. The van der Waals surface area contributed by atoms with E-state index in [0.29, 0.717) is 11.1 Å². The fourth-order valence-electron chi connectivity index (χ4n) is 8.21. The van der Waals surface area contributed by atoms with E-state index in [9.17, 15) is 10.5 Å². The number of hydrogen-bond donors (Lipinski definition) is 1. The van der Waals surface area contributed by atoms with Gasteiger partial charge in [-0.05, 0) is 150 Å². The van der Waals surface area contributed by atoms with Gasteiger partial charge in [0.1, 0.15) is 0 Å². The predicted octanol–water partition coefficient (Wildman–Crippen LogP) is 11.9. The molecule has 1 spiro atoms. The first kappa shape index (κ1) is 31.1. The Labute approximate surface area is 304 Å². The first-order valence-electron chi connectivity index (χ1n) is 17.5. The Kier molecular flexibility index (Phi) is 7.11. The van der Waals surface area contributed by atoms with Gasteiger partial charge in [-0.15, -0.1) is 0 Å². The lowest BCUT2D eigenvalue weighted by molar-refractivity contribution is 0.793. The van der Waals surface area contributed by atoms with Crippen molar-refractivity contribution in [2.75, 3.05) is 10.2 Å². The number of nitrogens with one attached hydrogen (secondary N) is 1. The van der Waals surface area contributed by atoms with Crippen molar-refractivity contribution in [3.05, 3.63) is 196 Å². The van der Waals surface area contributed by atoms with Crippen molar-refractivity contribution in [3.8, 4) is 34.4 Å². The van der Waals surface area contributed by atoms with Gasteiger partial charge in [0.25, 0.3) is 0 Å². The van der Waals surface area contributed by atoms with Crippen molar-refractivity contribution in [1.82, 2.24) is 0 Å². The number of anilines is 5. The summed E-state index contributed by atoms with van der Waals surface area (Å²) in [6, 6.07) is 56.1. The third kappa shape index (κ3) is 4.73. The first-order valence-corrected chi connectivity index (χ1v) is 17.5. The lowest BCUT2D eigenvalue weighted by atomic mass is 9.70. The molecule has 0 unspecified atom stereocenters. The minimum absolute atomic E-state index is 0.604. The van der Waals surface area contributed by atoms with E-state index in [1.807, 2.05) is 12.1 Å². The van der Waals surface area contributed by atoms with Crippen molar-refractivity contribution in [1.29, 1.82) is 10.5 Å². The summed E-state index contributed by atoms with van der Waals surface area (Å²) in [6.45, 7) is 6.31. The van der Waals surface area contributed by atoms with Gasteiger partial charge in [-0.1, -0.05) is 77.4 Å². The van der Waals surface area contributed by atoms with Gasteiger partial charge < -0.3 is 10.2 Å². The van der Waals surface area contributed by atoms with Gasteiger partial charge in [-0.2, -0.15) is 10.5 Å². The highest BCUT2D eigenvalue weighted by Gasteiger charge is 2.52. The van der Waals surface area contributed by atoms with Gasteiger partial charge in [0, 0.05) is 28.4 Å². The largest absolute Gasteiger partial charge is 0.356 e. The van der Waals surface area contributed by atoms with Crippen LogP contribution >= 0.6 is 0 Å². The van der Waals surface area contributed by atoms with Gasteiger partial charge in [-0.25, -0.2) is 0 Å². The van der Waals surface area contributed by atoms with Crippen LogP contribution in [0.1, 0.15) is 50.1 Å². The molecule has 246 valence electrons. The Morgan fingerprint density at radius 2 is 0.808 bits per heavy atom. The zero-order valence-corrected chi connectivity index (χ0v) is 29.2. The molecule has 2 aliphatic carbocycles. The monoisotopic (exact) mass is 666 g/mol. The van der Waals surface area contributed by atoms with Crippen LogP contribution in [0.15, 0.2) is 146 Å². The highest BCUT2D eigenvalue weighted by Crippen LogP contribution is 2.64. The molecule has 0 heterocycles. The molecule has 0 bridgehead atoms. The molecule has 52 heavy (non-hydrogen) atoms. The molecule has 4 nitrogen and oxygen atoms in total. The van der Waals surface area contributed by atoms with E-state index in [4.69, 9.17) is 0 Å². The zero-order valence-electron chi connectivity index (χ0n) is 29.2. The molecule has 0 saturated carbocycles. The van der Waals surface area contributed by atoms with Gasteiger partial charge >= 0.3 is 0 Å². The van der Waals surface area contributed by atoms with Crippen molar-refractivity contribution < 1.29 is 0 Å². The van der Waals surface area contributed by atoms with E-state index in [1.165, 1.54) is 16.7 Å². The molecule has 0 aliphatic heterocycles. The zero-order chi connectivity index (χ0) is 35.6. The molecule has 0 radical (unpaired) electrons. The lowest BCUT2D eigenvalue weighted by Gasteiger charge is -2.32. The van der Waals surface area contributed by atoms with Gasteiger partial charge in [-0.3, -0.25) is 0 Å². The van der Waals surface area contributed by atoms with Crippen molar-refractivity contribution in [3.63, 3.8) is 0 Å². The van der Waals surface area contributed by atoms with Crippen LogP contribution in [-0.4, -0.2) is 0 Å². The van der Waals surface area contributed by atoms with E-state index in [1.54, 1.807) is 0 Å². The molecule has 1 N–H and O–H groups in total. The van der Waals surface area contributed by atoms with E-state index in [0.717, 1.165) is 72.9 Å². The van der Waals surface area contributed by atoms with Crippen molar-refractivity contribution in [2.45, 2.75) is 26.2 Å².